The molecule has 0 radical (unpaired) electrons. The van der Waals surface area contributed by atoms with E-state index < -0.39 is 21.4 Å². The summed E-state index contributed by atoms with van der Waals surface area (Å²) in [7, 11) is -2.71. The highest BCUT2D eigenvalue weighted by Gasteiger charge is 2.10. The Bertz CT molecular complexity index is 432. The molecular formula is C7H7NO5S. The number of phenolic OH excluding ortho intramolecular Hbond substituents is 1. The van der Waals surface area contributed by atoms with E-state index in [2.05, 4.69) is 0 Å². The fraction of sp³-hybridized carbons (Fsp3) is 0.143. The molecule has 1 rings (SSSR count). The molecule has 0 spiro atoms. The van der Waals surface area contributed by atoms with Crippen molar-refractivity contribution in [2.45, 2.75) is 5.75 Å². The normalized spacial score (nSPS) is 10.4. The Labute approximate surface area is 80.9 Å². The first-order chi connectivity index (χ1) is 6.50. The van der Waals surface area contributed by atoms with Crippen LogP contribution in [0.2, 0.25) is 0 Å². The van der Waals surface area contributed by atoms with Crippen LogP contribution >= 0.6 is 0 Å². The third kappa shape index (κ3) is 2.43. The monoisotopic (exact) mass is 217 g/mol. The summed E-state index contributed by atoms with van der Waals surface area (Å²) in [5.41, 5.74) is -0.204. The lowest BCUT2D eigenvalue weighted by atomic mass is 10.2. The van der Waals surface area contributed by atoms with E-state index in [0.29, 0.717) is 0 Å². The molecule has 0 aromatic heterocycles. The van der Waals surface area contributed by atoms with Crippen LogP contribution in [0.4, 0.5) is 5.69 Å². The Morgan fingerprint density at radius 2 is 2.07 bits per heavy atom. The van der Waals surface area contributed by atoms with Crippen molar-refractivity contribution in [3.05, 3.63) is 33.9 Å². The van der Waals surface area contributed by atoms with Crippen molar-refractivity contribution in [3.8, 4) is 5.75 Å². The molecule has 0 aliphatic rings. The average Bonchev–Trinajstić information content (AvgIpc) is 2.07. The second-order valence-electron chi connectivity index (χ2n) is 2.56. The summed E-state index contributed by atoms with van der Waals surface area (Å²) >= 11 is 0. The molecule has 0 aliphatic heterocycles. The zero-order valence-corrected chi connectivity index (χ0v) is 7.81. The van der Waals surface area contributed by atoms with Gasteiger partial charge >= 0.3 is 0 Å². The zero-order chi connectivity index (χ0) is 10.7. The molecule has 1 aromatic carbocycles. The maximum Gasteiger partial charge on any atom is 0.270 e. The quantitative estimate of drug-likeness (QED) is 0.434. The van der Waals surface area contributed by atoms with E-state index in [4.69, 9.17) is 0 Å². The van der Waals surface area contributed by atoms with Gasteiger partial charge < -0.3 is 5.11 Å². The summed E-state index contributed by atoms with van der Waals surface area (Å²) in [6, 6.07) is 3.25. The third-order valence-electron chi connectivity index (χ3n) is 1.57. The summed E-state index contributed by atoms with van der Waals surface area (Å²) in [5.74, 6) is -0.655. The van der Waals surface area contributed by atoms with Crippen molar-refractivity contribution in [2.75, 3.05) is 0 Å². The molecule has 7 heteroatoms. The van der Waals surface area contributed by atoms with E-state index in [1.54, 1.807) is 0 Å². The Morgan fingerprint density at radius 3 is 2.57 bits per heavy atom. The Morgan fingerprint density at radius 1 is 1.43 bits per heavy atom. The first-order valence-corrected chi connectivity index (χ1v) is 4.95. The van der Waals surface area contributed by atoms with E-state index in [0.717, 1.165) is 18.2 Å². The number of hydrogen-bond acceptors (Lipinski definition) is 5. The number of benzene rings is 1. The van der Waals surface area contributed by atoms with E-state index in [1.807, 2.05) is 0 Å². The standard InChI is InChI=1S/C7H7NO5S/c9-7-2-1-6(8(10)11)3-5(7)4-14(12)13/h1-3,9,14H,4H2. The van der Waals surface area contributed by atoms with Crippen molar-refractivity contribution < 1.29 is 18.4 Å². The summed E-state index contributed by atoms with van der Waals surface area (Å²) in [4.78, 5) is 9.67. The minimum atomic E-state index is -2.71. The number of hydrogen-bond donors (Lipinski definition) is 2. The van der Waals surface area contributed by atoms with Crippen LogP contribution in [0, 0.1) is 10.1 Å². The predicted octanol–water partition coefficient (Wildman–Crippen LogP) is 0.412. The molecule has 14 heavy (non-hydrogen) atoms. The van der Waals surface area contributed by atoms with E-state index in [9.17, 15) is 23.6 Å². The van der Waals surface area contributed by atoms with Gasteiger partial charge in [0.15, 0.2) is 0 Å². The van der Waals surface area contributed by atoms with Gasteiger partial charge in [0, 0.05) is 17.7 Å². The number of aromatic hydroxyl groups is 1. The van der Waals surface area contributed by atoms with Crippen molar-refractivity contribution in [3.63, 3.8) is 0 Å². The number of non-ortho nitro benzene ring substituents is 1. The Kier molecular flexibility index (Phi) is 3.03. The second-order valence-corrected chi connectivity index (χ2v) is 3.54. The Balaban J connectivity index is 3.14. The average molecular weight is 217 g/mol. The van der Waals surface area contributed by atoms with Crippen molar-refractivity contribution in [1.29, 1.82) is 0 Å². The summed E-state index contributed by atoms with van der Waals surface area (Å²) < 4.78 is 20.7. The molecule has 1 aromatic rings. The maximum atomic E-state index is 10.4. The van der Waals surface area contributed by atoms with Gasteiger partial charge in [0.25, 0.3) is 5.69 Å². The van der Waals surface area contributed by atoms with E-state index >= 15 is 0 Å². The second kappa shape index (κ2) is 4.05. The highest BCUT2D eigenvalue weighted by atomic mass is 32.2. The van der Waals surface area contributed by atoms with Crippen LogP contribution in [0.25, 0.3) is 0 Å². The smallest absolute Gasteiger partial charge is 0.270 e. The fourth-order valence-corrected chi connectivity index (χ4v) is 1.48. The van der Waals surface area contributed by atoms with Crippen LogP contribution in [0.15, 0.2) is 18.2 Å². The molecule has 0 saturated carbocycles. The first-order valence-electron chi connectivity index (χ1n) is 3.59. The topological polar surface area (TPSA) is 97.5 Å². The van der Waals surface area contributed by atoms with Gasteiger partial charge in [0.1, 0.15) is 16.5 Å². The summed E-state index contributed by atoms with van der Waals surface area (Å²) in [5, 5.41) is 19.5. The van der Waals surface area contributed by atoms with Crippen LogP contribution in [-0.4, -0.2) is 18.4 Å². The molecule has 0 amide bonds. The highest BCUT2D eigenvalue weighted by molar-refractivity contribution is 7.71. The molecule has 0 fully saturated rings. The molecule has 0 saturated heterocycles. The van der Waals surface area contributed by atoms with Crippen molar-refractivity contribution in [2.24, 2.45) is 0 Å². The lowest BCUT2D eigenvalue weighted by Gasteiger charge is -1.99. The SMILES string of the molecule is O=[N+]([O-])c1ccc(O)c(C[SH](=O)=O)c1. The number of nitrogens with zero attached hydrogens (tertiary/aromatic N) is 1. The lowest BCUT2D eigenvalue weighted by molar-refractivity contribution is -0.384. The zero-order valence-electron chi connectivity index (χ0n) is 6.91. The molecule has 0 atom stereocenters. The third-order valence-corrected chi connectivity index (χ3v) is 2.17. The molecule has 76 valence electrons. The molecule has 0 unspecified atom stereocenters. The molecule has 1 N–H and O–H groups in total. The number of phenols is 1. The van der Waals surface area contributed by atoms with Gasteiger partial charge in [-0.15, -0.1) is 0 Å². The maximum absolute atomic E-state index is 10.4. The molecular weight excluding hydrogens is 210 g/mol. The Hall–Kier alpha value is -1.63. The number of nitro benzene ring substituents is 1. The van der Waals surface area contributed by atoms with Gasteiger partial charge in [-0.3, -0.25) is 10.1 Å². The minimum absolute atomic E-state index is 0.0373. The number of nitro groups is 1. The van der Waals surface area contributed by atoms with Gasteiger partial charge in [0.2, 0.25) is 0 Å². The van der Waals surface area contributed by atoms with Gasteiger partial charge in [0.05, 0.1) is 10.7 Å². The van der Waals surface area contributed by atoms with Crippen LogP contribution in [0.5, 0.6) is 5.75 Å². The molecule has 0 heterocycles. The van der Waals surface area contributed by atoms with E-state index in [-0.39, 0.29) is 17.0 Å². The summed E-state index contributed by atoms with van der Waals surface area (Å²) in [6.45, 7) is 0. The van der Waals surface area contributed by atoms with Crippen LogP contribution in [-0.2, 0) is 16.5 Å². The number of thiol groups is 1. The van der Waals surface area contributed by atoms with Crippen LogP contribution in [0.3, 0.4) is 0 Å². The van der Waals surface area contributed by atoms with Gasteiger partial charge in [-0.2, -0.15) is 0 Å². The largest absolute Gasteiger partial charge is 0.508 e. The first kappa shape index (κ1) is 10.5. The highest BCUT2D eigenvalue weighted by Crippen LogP contribution is 2.23. The van der Waals surface area contributed by atoms with Gasteiger partial charge in [-0.1, -0.05) is 0 Å². The summed E-state index contributed by atoms with van der Waals surface area (Å²) in [6.07, 6.45) is 0. The van der Waals surface area contributed by atoms with Gasteiger partial charge in [-0.05, 0) is 6.07 Å². The minimum Gasteiger partial charge on any atom is -0.508 e. The van der Waals surface area contributed by atoms with Crippen LogP contribution in [0.1, 0.15) is 5.56 Å². The van der Waals surface area contributed by atoms with Crippen molar-refractivity contribution in [1.82, 2.24) is 0 Å². The van der Waals surface area contributed by atoms with Crippen molar-refractivity contribution >= 4 is 16.4 Å². The van der Waals surface area contributed by atoms with E-state index in [1.165, 1.54) is 0 Å². The molecule has 0 aliphatic carbocycles. The molecule has 6 nitrogen and oxygen atoms in total. The lowest BCUT2D eigenvalue weighted by Crippen LogP contribution is -1.92. The molecule has 0 bridgehead atoms. The number of rotatable bonds is 3. The van der Waals surface area contributed by atoms with Crippen LogP contribution < -0.4 is 0 Å². The fourth-order valence-electron chi connectivity index (χ4n) is 0.951. The van der Waals surface area contributed by atoms with Gasteiger partial charge in [-0.25, -0.2) is 8.42 Å². The predicted molar refractivity (Wildman–Crippen MR) is 48.8 cm³/mol.